The molecule has 0 radical (unpaired) electrons. The molecule has 0 saturated heterocycles. The van der Waals surface area contributed by atoms with E-state index in [0.29, 0.717) is 48.9 Å². The van der Waals surface area contributed by atoms with Crippen LogP contribution < -0.4 is 10.1 Å². The van der Waals surface area contributed by atoms with Crippen LogP contribution in [-0.2, 0) is 38.6 Å². The summed E-state index contributed by atoms with van der Waals surface area (Å²) < 4.78 is 11.7. The summed E-state index contributed by atoms with van der Waals surface area (Å²) in [5.41, 5.74) is 3.03. The van der Waals surface area contributed by atoms with Crippen LogP contribution in [0.2, 0.25) is 0 Å². The van der Waals surface area contributed by atoms with E-state index < -0.39 is 41.6 Å². The van der Waals surface area contributed by atoms with Crippen LogP contribution in [0.3, 0.4) is 0 Å². The Kier molecular flexibility index (Phi) is 12.8. The van der Waals surface area contributed by atoms with Crippen LogP contribution in [0.15, 0.2) is 35.9 Å². The average Bonchev–Trinajstić information content (AvgIpc) is 3.11. The Balaban J connectivity index is 1.64. The molecule has 1 saturated carbocycles. The van der Waals surface area contributed by atoms with Gasteiger partial charge < -0.3 is 35.2 Å². The SMILES string of the molecule is CC=C1C[C@H](c2cc(CO)c(CCCCC)c(NC[C@H](C)O)c2)C#C[C@H]2CC(=O)Oc3cc(O)c(cc32)C[C@H]([C@@](C)(O)C2CCC(=O)CC2)OC1=O. The summed E-state index contributed by atoms with van der Waals surface area (Å²) in [5, 5.41) is 47.3. The lowest BCUT2D eigenvalue weighted by Crippen LogP contribution is -2.50. The van der Waals surface area contributed by atoms with Gasteiger partial charge in [-0.15, -0.1) is 0 Å². The number of aliphatic hydroxyl groups is 3. The second-order valence-electron chi connectivity index (χ2n) is 14.8. The van der Waals surface area contributed by atoms with Crippen molar-refractivity contribution in [2.24, 2.45) is 5.92 Å². The summed E-state index contributed by atoms with van der Waals surface area (Å²) >= 11 is 0. The second kappa shape index (κ2) is 17.1. The highest BCUT2D eigenvalue weighted by Gasteiger charge is 2.44. The van der Waals surface area contributed by atoms with Crippen LogP contribution in [0.25, 0.3) is 0 Å². The molecule has 2 aromatic carbocycles. The summed E-state index contributed by atoms with van der Waals surface area (Å²) in [5.74, 6) is 4.26. The molecule has 2 aliphatic heterocycles. The van der Waals surface area contributed by atoms with Gasteiger partial charge in [0.1, 0.15) is 29.0 Å². The normalized spacial score (nSPS) is 23.6. The lowest BCUT2D eigenvalue weighted by molar-refractivity contribution is -0.169. The average molecular weight is 716 g/mol. The fourth-order valence-corrected chi connectivity index (χ4v) is 7.64. The van der Waals surface area contributed by atoms with E-state index in [0.717, 1.165) is 48.1 Å². The van der Waals surface area contributed by atoms with E-state index in [1.54, 1.807) is 32.9 Å². The first-order chi connectivity index (χ1) is 24.8. The van der Waals surface area contributed by atoms with Crippen LogP contribution >= 0.6 is 0 Å². The van der Waals surface area contributed by atoms with E-state index in [2.05, 4.69) is 24.1 Å². The molecule has 5 atom stereocenters. The number of carbonyl (C=O) groups excluding carboxylic acids is 3. The zero-order valence-corrected chi connectivity index (χ0v) is 30.8. The number of unbranched alkanes of at least 4 members (excludes halogenated alkanes) is 2. The van der Waals surface area contributed by atoms with Crippen molar-refractivity contribution in [1.29, 1.82) is 0 Å². The second-order valence-corrected chi connectivity index (χ2v) is 14.8. The fraction of sp³-hybridized carbons (Fsp3) is 0.548. The number of esters is 2. The van der Waals surface area contributed by atoms with Crippen molar-refractivity contribution in [3.8, 4) is 23.3 Å². The molecule has 5 N–H and O–H groups in total. The van der Waals surface area contributed by atoms with Crippen molar-refractivity contribution in [1.82, 2.24) is 0 Å². The van der Waals surface area contributed by atoms with Gasteiger partial charge in [-0.25, -0.2) is 4.79 Å². The van der Waals surface area contributed by atoms with Crippen LogP contribution in [0.4, 0.5) is 5.69 Å². The third kappa shape index (κ3) is 9.06. The van der Waals surface area contributed by atoms with E-state index >= 15 is 0 Å². The standard InChI is InChI=1S/C42H53NO9/c1-5-7-8-9-34-31(24-44)17-29(19-36(34)43-23-25(3)45)27-10-11-28-21-40(48)51-38-22-37(47)30(18-35(28)38)20-39(52-41(49)26(6-2)16-27)42(4,50)32-12-14-33(46)15-13-32/h6,17-19,22,25,27-28,32,39,43-45,47,50H,5,7-9,12-16,20-21,23-24H2,1-4H3/t25-,27+,28-,39+,42-/m0/s1. The van der Waals surface area contributed by atoms with Gasteiger partial charge in [0, 0.05) is 54.6 Å². The Morgan fingerprint density at radius 2 is 1.77 bits per heavy atom. The van der Waals surface area contributed by atoms with Gasteiger partial charge >= 0.3 is 11.9 Å². The number of nitrogens with one attached hydrogen (secondary N) is 1. The molecule has 3 aliphatic rings. The van der Waals surface area contributed by atoms with Gasteiger partial charge in [0.25, 0.3) is 0 Å². The molecule has 5 rings (SSSR count). The molecule has 1 fully saturated rings. The number of cyclic esters (lactones) is 1. The predicted octanol–water partition coefficient (Wildman–Crippen LogP) is 5.90. The Morgan fingerprint density at radius 1 is 1.04 bits per heavy atom. The Hall–Kier alpha value is -4.17. The number of benzene rings is 2. The van der Waals surface area contributed by atoms with Crippen LogP contribution in [0.5, 0.6) is 11.5 Å². The number of Topliss-reactive ketones (excluding diaryl/α,β-unsaturated/α-hetero) is 1. The third-order valence-corrected chi connectivity index (χ3v) is 10.9. The quantitative estimate of drug-likeness (QED) is 0.0622. The zero-order valence-electron chi connectivity index (χ0n) is 30.8. The lowest BCUT2D eigenvalue weighted by Gasteiger charge is -2.40. The van der Waals surface area contributed by atoms with Gasteiger partial charge in [0.2, 0.25) is 0 Å². The molecule has 1 aliphatic carbocycles. The molecule has 0 spiro atoms. The van der Waals surface area contributed by atoms with Crippen molar-refractivity contribution in [3.63, 3.8) is 0 Å². The Morgan fingerprint density at radius 3 is 2.44 bits per heavy atom. The van der Waals surface area contributed by atoms with E-state index in [-0.39, 0.29) is 49.1 Å². The van der Waals surface area contributed by atoms with Crippen molar-refractivity contribution in [2.75, 3.05) is 11.9 Å². The molecular formula is C42H53NO9. The van der Waals surface area contributed by atoms with E-state index in [1.165, 1.54) is 6.07 Å². The molecule has 2 aromatic rings. The van der Waals surface area contributed by atoms with Crippen LogP contribution in [0, 0.1) is 17.8 Å². The fourth-order valence-electron chi connectivity index (χ4n) is 7.64. The van der Waals surface area contributed by atoms with E-state index in [4.69, 9.17) is 9.47 Å². The highest BCUT2D eigenvalue weighted by molar-refractivity contribution is 5.89. The molecule has 52 heavy (non-hydrogen) atoms. The summed E-state index contributed by atoms with van der Waals surface area (Å²) in [6, 6.07) is 6.98. The highest BCUT2D eigenvalue weighted by atomic mass is 16.6. The van der Waals surface area contributed by atoms with Gasteiger partial charge in [-0.1, -0.05) is 43.7 Å². The van der Waals surface area contributed by atoms with Crippen LogP contribution in [0.1, 0.15) is 125 Å². The topological polar surface area (TPSA) is 163 Å². The third-order valence-electron chi connectivity index (χ3n) is 10.9. The smallest absolute Gasteiger partial charge is 0.334 e. The maximum atomic E-state index is 14.1. The van der Waals surface area contributed by atoms with Gasteiger partial charge in [-0.2, -0.15) is 0 Å². The molecule has 280 valence electrons. The minimum absolute atomic E-state index is 0.0143. The highest BCUT2D eigenvalue weighted by Crippen LogP contribution is 2.42. The maximum Gasteiger partial charge on any atom is 0.334 e. The summed E-state index contributed by atoms with van der Waals surface area (Å²) in [4.78, 5) is 39.0. The van der Waals surface area contributed by atoms with Gasteiger partial charge in [0.05, 0.1) is 25.0 Å². The molecular weight excluding hydrogens is 662 g/mol. The molecule has 0 amide bonds. The molecule has 2 heterocycles. The number of allylic oxidation sites excluding steroid dienone is 1. The van der Waals surface area contributed by atoms with E-state index in [9.17, 15) is 34.8 Å². The molecule has 10 nitrogen and oxygen atoms in total. The monoisotopic (exact) mass is 715 g/mol. The Bertz CT molecular complexity index is 1740. The number of aliphatic hydroxyl groups excluding tert-OH is 2. The number of hydrogen-bond donors (Lipinski definition) is 5. The van der Waals surface area contributed by atoms with Crippen molar-refractivity contribution in [2.45, 2.75) is 135 Å². The minimum Gasteiger partial charge on any atom is -0.508 e. The number of aromatic hydroxyl groups is 1. The number of rotatable bonds is 11. The number of carbonyl (C=O) groups is 3. The number of phenolic OH excluding ortho intramolecular Hbond substituents is 1. The molecule has 2 bridgehead atoms. The first-order valence-corrected chi connectivity index (χ1v) is 18.7. The number of phenols is 1. The van der Waals surface area contributed by atoms with Gasteiger partial charge in [-0.05, 0) is 93.2 Å². The lowest BCUT2D eigenvalue weighted by atomic mass is 9.73. The van der Waals surface area contributed by atoms with Gasteiger partial charge in [-0.3, -0.25) is 9.59 Å². The predicted molar refractivity (Wildman–Crippen MR) is 197 cm³/mol. The summed E-state index contributed by atoms with van der Waals surface area (Å²) in [7, 11) is 0. The number of ketones is 1. The minimum atomic E-state index is -1.53. The maximum absolute atomic E-state index is 14.1. The summed E-state index contributed by atoms with van der Waals surface area (Å²) in [6.07, 6.45) is 5.39. The molecule has 0 aromatic heterocycles. The largest absolute Gasteiger partial charge is 0.508 e. The van der Waals surface area contributed by atoms with E-state index in [1.807, 2.05) is 12.1 Å². The van der Waals surface area contributed by atoms with Crippen molar-refractivity contribution >= 4 is 23.4 Å². The van der Waals surface area contributed by atoms with Crippen molar-refractivity contribution in [3.05, 3.63) is 63.7 Å². The molecule has 0 unspecified atom stereocenters. The summed E-state index contributed by atoms with van der Waals surface area (Å²) in [6.45, 7) is 7.28. The first-order valence-electron chi connectivity index (χ1n) is 18.7. The number of fused-ring (bicyclic) bond motifs is 1. The molecule has 10 heteroatoms. The first kappa shape index (κ1) is 39.0. The number of anilines is 1. The number of hydrogen-bond acceptors (Lipinski definition) is 10. The van der Waals surface area contributed by atoms with Gasteiger partial charge in [0.15, 0.2) is 0 Å². The van der Waals surface area contributed by atoms with Crippen molar-refractivity contribution < 1.29 is 44.3 Å². The zero-order chi connectivity index (χ0) is 37.6. The Labute approximate surface area is 306 Å². The number of ether oxygens (including phenoxy) is 2. The van der Waals surface area contributed by atoms with Crippen LogP contribution in [-0.4, -0.2) is 62.5 Å².